The minimum absolute atomic E-state index is 0.00333. The number of amides is 2. The molecule has 3 aromatic rings. The van der Waals surface area contributed by atoms with Crippen LogP contribution in [0.1, 0.15) is 58.1 Å². The standard InChI is InChI=1S/C28H31N3O6S/c1-18(2)15-22(31-28(36)37-16-20-11-7-4-8-12-20)25(33)29-21(14-13-19-9-5-3-6-10-19)24(32)26-30-23(17-38-26)27(34)35/h3-12,17-18,21-22H,13-16H2,1-2H3,(H,29,33)(H,31,36)(H,34,35). The van der Waals surface area contributed by atoms with Crippen molar-refractivity contribution in [3.63, 3.8) is 0 Å². The predicted octanol–water partition coefficient (Wildman–Crippen LogP) is 4.48. The highest BCUT2D eigenvalue weighted by Gasteiger charge is 2.30. The smallest absolute Gasteiger partial charge is 0.408 e. The molecule has 3 rings (SSSR count). The number of aromatic carboxylic acids is 1. The van der Waals surface area contributed by atoms with Gasteiger partial charge in [0.25, 0.3) is 0 Å². The Balaban J connectivity index is 1.72. The Morgan fingerprint density at radius 1 is 0.921 bits per heavy atom. The molecule has 1 aromatic heterocycles. The van der Waals surface area contributed by atoms with E-state index in [2.05, 4.69) is 15.6 Å². The molecule has 3 N–H and O–H groups in total. The number of benzene rings is 2. The van der Waals surface area contributed by atoms with Gasteiger partial charge < -0.3 is 20.5 Å². The maximum Gasteiger partial charge on any atom is 0.408 e. The summed E-state index contributed by atoms with van der Waals surface area (Å²) in [5.41, 5.74) is 1.56. The Kier molecular flexibility index (Phi) is 10.5. The zero-order valence-corrected chi connectivity index (χ0v) is 22.1. The van der Waals surface area contributed by atoms with Crippen molar-refractivity contribution in [3.8, 4) is 0 Å². The van der Waals surface area contributed by atoms with Crippen molar-refractivity contribution in [3.05, 3.63) is 87.9 Å². The van der Waals surface area contributed by atoms with Gasteiger partial charge in [0, 0.05) is 5.38 Å². The van der Waals surface area contributed by atoms with Gasteiger partial charge >= 0.3 is 12.1 Å². The number of alkyl carbamates (subject to hydrolysis) is 1. The number of hydrogen-bond donors (Lipinski definition) is 3. The number of aromatic nitrogens is 1. The SMILES string of the molecule is CC(C)CC(NC(=O)OCc1ccccc1)C(=O)NC(CCc1ccccc1)C(=O)c1nc(C(=O)O)cs1. The highest BCUT2D eigenvalue weighted by atomic mass is 32.1. The Morgan fingerprint density at radius 2 is 1.55 bits per heavy atom. The van der Waals surface area contributed by atoms with E-state index in [0.717, 1.165) is 22.5 Å². The molecule has 0 aliphatic rings. The lowest BCUT2D eigenvalue weighted by Crippen LogP contribution is -2.52. The predicted molar refractivity (Wildman–Crippen MR) is 143 cm³/mol. The lowest BCUT2D eigenvalue weighted by atomic mass is 10.00. The van der Waals surface area contributed by atoms with Crippen LogP contribution in [0.5, 0.6) is 0 Å². The van der Waals surface area contributed by atoms with Gasteiger partial charge in [-0.25, -0.2) is 14.6 Å². The van der Waals surface area contributed by atoms with E-state index in [0.29, 0.717) is 12.8 Å². The molecule has 0 saturated heterocycles. The Labute approximate surface area is 225 Å². The second-order valence-electron chi connectivity index (χ2n) is 9.18. The number of Topliss-reactive ketones (excluding diaryl/α,β-unsaturated/α-hetero) is 1. The van der Waals surface area contributed by atoms with Crippen LogP contribution in [0.3, 0.4) is 0 Å². The fourth-order valence-corrected chi connectivity index (χ4v) is 4.53. The summed E-state index contributed by atoms with van der Waals surface area (Å²) < 4.78 is 5.28. The number of carbonyl (C=O) groups is 4. The lowest BCUT2D eigenvalue weighted by Gasteiger charge is -2.23. The molecule has 0 aliphatic heterocycles. The van der Waals surface area contributed by atoms with E-state index in [1.807, 2.05) is 74.5 Å². The van der Waals surface area contributed by atoms with Crippen molar-refractivity contribution in [2.75, 3.05) is 0 Å². The number of hydrogen-bond acceptors (Lipinski definition) is 7. The van der Waals surface area contributed by atoms with Crippen LogP contribution in [0, 0.1) is 5.92 Å². The Bertz CT molecular complexity index is 1230. The van der Waals surface area contributed by atoms with Gasteiger partial charge in [-0.1, -0.05) is 74.5 Å². The van der Waals surface area contributed by atoms with Gasteiger partial charge in [0.05, 0.1) is 6.04 Å². The van der Waals surface area contributed by atoms with Crippen LogP contribution < -0.4 is 10.6 Å². The molecule has 2 amide bonds. The number of nitrogens with one attached hydrogen (secondary N) is 2. The average Bonchev–Trinajstić information content (AvgIpc) is 3.41. The second-order valence-corrected chi connectivity index (χ2v) is 10.0. The summed E-state index contributed by atoms with van der Waals surface area (Å²) in [6.45, 7) is 3.88. The third-order valence-corrected chi connectivity index (χ3v) is 6.52. The van der Waals surface area contributed by atoms with Crippen molar-refractivity contribution in [2.45, 2.75) is 51.8 Å². The topological polar surface area (TPSA) is 135 Å². The van der Waals surface area contributed by atoms with Gasteiger partial charge in [-0.05, 0) is 36.3 Å². The van der Waals surface area contributed by atoms with Crippen molar-refractivity contribution in [1.29, 1.82) is 0 Å². The van der Waals surface area contributed by atoms with Crippen molar-refractivity contribution in [2.24, 2.45) is 5.92 Å². The second kappa shape index (κ2) is 14.0. The van der Waals surface area contributed by atoms with E-state index >= 15 is 0 Å². The van der Waals surface area contributed by atoms with E-state index in [4.69, 9.17) is 4.74 Å². The number of nitrogens with zero attached hydrogens (tertiary/aromatic N) is 1. The summed E-state index contributed by atoms with van der Waals surface area (Å²) in [6.07, 6.45) is 0.346. The minimum Gasteiger partial charge on any atom is -0.476 e. The third-order valence-electron chi connectivity index (χ3n) is 5.66. The van der Waals surface area contributed by atoms with Crippen LogP contribution in [-0.2, 0) is 22.6 Å². The maximum absolute atomic E-state index is 13.3. The van der Waals surface area contributed by atoms with E-state index in [-0.39, 0.29) is 29.6 Å². The zero-order valence-electron chi connectivity index (χ0n) is 21.3. The van der Waals surface area contributed by atoms with E-state index < -0.39 is 35.8 Å². The number of carbonyl (C=O) groups excluding carboxylic acids is 3. The molecule has 0 aliphatic carbocycles. The molecule has 9 nitrogen and oxygen atoms in total. The molecular weight excluding hydrogens is 506 g/mol. The third kappa shape index (κ3) is 8.81. The molecule has 0 fully saturated rings. The normalized spacial score (nSPS) is 12.4. The summed E-state index contributed by atoms with van der Waals surface area (Å²) in [4.78, 5) is 54.3. The number of carboxylic acids is 1. The first-order valence-electron chi connectivity index (χ1n) is 12.3. The highest BCUT2D eigenvalue weighted by Crippen LogP contribution is 2.16. The van der Waals surface area contributed by atoms with Crippen LogP contribution in [-0.4, -0.2) is 45.9 Å². The number of carboxylic acid groups (broad SMARTS) is 1. The monoisotopic (exact) mass is 537 g/mol. The maximum atomic E-state index is 13.3. The highest BCUT2D eigenvalue weighted by molar-refractivity contribution is 7.12. The van der Waals surface area contributed by atoms with E-state index in [9.17, 15) is 24.3 Å². The van der Waals surface area contributed by atoms with Crippen molar-refractivity contribution < 1.29 is 29.0 Å². The molecule has 0 saturated carbocycles. The molecule has 0 spiro atoms. The molecule has 0 bridgehead atoms. The average molecular weight is 538 g/mol. The fraction of sp³-hybridized carbons (Fsp3) is 0.321. The van der Waals surface area contributed by atoms with Gasteiger partial charge in [-0.2, -0.15) is 0 Å². The van der Waals surface area contributed by atoms with Crippen LogP contribution in [0.4, 0.5) is 4.79 Å². The van der Waals surface area contributed by atoms with E-state index in [1.54, 1.807) is 0 Å². The molecule has 0 radical (unpaired) electrons. The first kappa shape index (κ1) is 28.5. The first-order chi connectivity index (χ1) is 18.2. The summed E-state index contributed by atoms with van der Waals surface area (Å²) in [5, 5.41) is 15.9. The molecule has 2 unspecified atom stereocenters. The molecular formula is C28H31N3O6S. The van der Waals surface area contributed by atoms with Crippen molar-refractivity contribution in [1.82, 2.24) is 15.6 Å². The molecule has 2 aromatic carbocycles. The van der Waals surface area contributed by atoms with Crippen LogP contribution in [0.2, 0.25) is 0 Å². The molecule has 10 heteroatoms. The Hall–Kier alpha value is -4.05. The van der Waals surface area contributed by atoms with Gasteiger partial charge in [-0.3, -0.25) is 9.59 Å². The van der Waals surface area contributed by atoms with Gasteiger partial charge in [0.15, 0.2) is 10.7 Å². The molecule has 38 heavy (non-hydrogen) atoms. The molecule has 1 heterocycles. The largest absolute Gasteiger partial charge is 0.476 e. The number of rotatable bonds is 13. The minimum atomic E-state index is -1.24. The number of ketones is 1. The van der Waals surface area contributed by atoms with Crippen LogP contribution in [0.15, 0.2) is 66.0 Å². The van der Waals surface area contributed by atoms with Crippen LogP contribution in [0.25, 0.3) is 0 Å². The summed E-state index contributed by atoms with van der Waals surface area (Å²) in [5.74, 6) is -2.19. The molecule has 200 valence electrons. The summed E-state index contributed by atoms with van der Waals surface area (Å²) in [7, 11) is 0. The summed E-state index contributed by atoms with van der Waals surface area (Å²) in [6, 6.07) is 16.8. The first-order valence-corrected chi connectivity index (χ1v) is 13.2. The molecule has 2 atom stereocenters. The zero-order chi connectivity index (χ0) is 27.5. The number of aryl methyl sites for hydroxylation is 1. The number of ether oxygens (including phenoxy) is 1. The fourth-order valence-electron chi connectivity index (χ4n) is 3.74. The van der Waals surface area contributed by atoms with Gasteiger partial charge in [-0.15, -0.1) is 11.3 Å². The van der Waals surface area contributed by atoms with Crippen LogP contribution >= 0.6 is 11.3 Å². The van der Waals surface area contributed by atoms with Gasteiger partial charge in [0.2, 0.25) is 11.7 Å². The van der Waals surface area contributed by atoms with E-state index in [1.165, 1.54) is 5.38 Å². The van der Waals surface area contributed by atoms with Gasteiger partial charge in [0.1, 0.15) is 12.6 Å². The summed E-state index contributed by atoms with van der Waals surface area (Å²) >= 11 is 0.915. The van der Waals surface area contributed by atoms with Crippen molar-refractivity contribution >= 4 is 35.1 Å². The Morgan fingerprint density at radius 3 is 2.13 bits per heavy atom. The quantitative estimate of drug-likeness (QED) is 0.274. The lowest BCUT2D eigenvalue weighted by molar-refractivity contribution is -0.124. The number of thiazole rings is 1.